The topological polar surface area (TPSA) is 65.5 Å². The molecule has 5 rings (SSSR count). The minimum Gasteiger partial charge on any atom is -0.336 e. The van der Waals surface area contributed by atoms with Crippen molar-refractivity contribution in [2.45, 2.75) is 18.9 Å². The molecule has 0 radical (unpaired) electrons. The molecule has 1 saturated carbocycles. The van der Waals surface area contributed by atoms with E-state index in [1.54, 1.807) is 6.07 Å². The fraction of sp³-hybridized carbons (Fsp3) is 0.350. The van der Waals surface area contributed by atoms with Crippen molar-refractivity contribution in [1.82, 2.24) is 14.8 Å². The number of nitrogens with one attached hydrogen (secondary N) is 1. The first-order valence-corrected chi connectivity index (χ1v) is 11.2. The Bertz CT molecular complexity index is 999. The maximum absolute atomic E-state index is 13.0. The second-order valence-electron chi connectivity index (χ2n) is 7.16. The fourth-order valence-corrected chi connectivity index (χ4v) is 5.24. The molecule has 0 atom stereocenters. The van der Waals surface area contributed by atoms with Crippen molar-refractivity contribution in [2.75, 3.05) is 31.5 Å². The minimum absolute atomic E-state index is 0.00343. The van der Waals surface area contributed by atoms with Crippen molar-refractivity contribution in [2.24, 2.45) is 0 Å². The maximum Gasteiger partial charge on any atom is 0.285 e. The van der Waals surface area contributed by atoms with Gasteiger partial charge in [-0.1, -0.05) is 12.1 Å². The lowest BCUT2D eigenvalue weighted by Gasteiger charge is -2.34. The number of thiazole rings is 1. The fourth-order valence-electron chi connectivity index (χ4n) is 3.60. The Morgan fingerprint density at radius 3 is 2.61 bits per heavy atom. The Kier molecular flexibility index (Phi) is 4.62. The summed E-state index contributed by atoms with van der Waals surface area (Å²) in [5.41, 5.74) is 1.38. The summed E-state index contributed by atoms with van der Waals surface area (Å²) in [5, 5.41) is 5.75. The smallest absolute Gasteiger partial charge is 0.285 e. The first-order valence-electron chi connectivity index (χ1n) is 9.47. The van der Waals surface area contributed by atoms with Gasteiger partial charge in [-0.25, -0.2) is 4.98 Å². The SMILES string of the molecule is O=C(Nc1sccc1C(=O)N1CCN(C2CC2)CC1)c1nc2ccccc2s1. The molecule has 1 saturated heterocycles. The summed E-state index contributed by atoms with van der Waals surface area (Å²) in [6.45, 7) is 3.37. The molecule has 2 amide bonds. The van der Waals surface area contributed by atoms with Crippen molar-refractivity contribution in [3.8, 4) is 0 Å². The van der Waals surface area contributed by atoms with Crippen molar-refractivity contribution in [1.29, 1.82) is 0 Å². The number of nitrogens with zero attached hydrogens (tertiary/aromatic N) is 3. The van der Waals surface area contributed by atoms with Crippen molar-refractivity contribution in [3.05, 3.63) is 46.3 Å². The van der Waals surface area contributed by atoms with Gasteiger partial charge in [-0.3, -0.25) is 14.5 Å². The average molecular weight is 413 g/mol. The second kappa shape index (κ2) is 7.27. The number of carbonyl (C=O) groups is 2. The molecule has 28 heavy (non-hydrogen) atoms. The lowest BCUT2D eigenvalue weighted by molar-refractivity contribution is 0.0628. The van der Waals surface area contributed by atoms with Crippen LogP contribution in [0, 0.1) is 0 Å². The Morgan fingerprint density at radius 1 is 1.07 bits per heavy atom. The maximum atomic E-state index is 13.0. The van der Waals surface area contributed by atoms with Gasteiger partial charge in [0.05, 0.1) is 15.8 Å². The highest BCUT2D eigenvalue weighted by atomic mass is 32.1. The standard InChI is InChI=1S/C20H20N4O2S2/c25-17(19-21-15-3-1-2-4-16(15)28-19)22-18-14(7-12-27-18)20(26)24-10-8-23(9-11-24)13-5-6-13/h1-4,7,12-13H,5-6,8-11H2,(H,22,25). The van der Waals surface area contributed by atoms with Crippen LogP contribution in [0.2, 0.25) is 0 Å². The Hall–Kier alpha value is -2.29. The van der Waals surface area contributed by atoms with E-state index in [9.17, 15) is 9.59 Å². The Labute approximate surface area is 170 Å². The third-order valence-electron chi connectivity index (χ3n) is 5.28. The summed E-state index contributed by atoms with van der Waals surface area (Å²) < 4.78 is 0.976. The van der Waals surface area contributed by atoms with Gasteiger partial charge in [-0.05, 0) is 36.4 Å². The third-order valence-corrected chi connectivity index (χ3v) is 7.14. The Balaban J connectivity index is 1.28. The number of rotatable bonds is 4. The number of para-hydroxylation sites is 1. The molecule has 144 valence electrons. The van der Waals surface area contributed by atoms with E-state index in [1.165, 1.54) is 35.5 Å². The van der Waals surface area contributed by atoms with E-state index in [-0.39, 0.29) is 11.8 Å². The highest BCUT2D eigenvalue weighted by Gasteiger charge is 2.33. The van der Waals surface area contributed by atoms with E-state index in [1.807, 2.05) is 34.5 Å². The number of amides is 2. The molecule has 1 N–H and O–H groups in total. The highest BCUT2D eigenvalue weighted by molar-refractivity contribution is 7.20. The molecule has 0 spiro atoms. The number of fused-ring (bicyclic) bond motifs is 1. The number of aromatic nitrogens is 1. The van der Waals surface area contributed by atoms with Crippen LogP contribution < -0.4 is 5.32 Å². The van der Waals surface area contributed by atoms with Gasteiger partial charge < -0.3 is 10.2 Å². The quantitative estimate of drug-likeness (QED) is 0.712. The largest absolute Gasteiger partial charge is 0.336 e. The second-order valence-corrected chi connectivity index (χ2v) is 9.11. The number of thiophene rings is 1. The monoisotopic (exact) mass is 412 g/mol. The molecule has 2 fully saturated rings. The van der Waals surface area contributed by atoms with E-state index >= 15 is 0 Å². The molecule has 3 aromatic rings. The molecular weight excluding hydrogens is 392 g/mol. The van der Waals surface area contributed by atoms with Gasteiger partial charge in [0.15, 0.2) is 5.01 Å². The summed E-state index contributed by atoms with van der Waals surface area (Å²) >= 11 is 2.73. The van der Waals surface area contributed by atoms with E-state index < -0.39 is 0 Å². The predicted molar refractivity (Wildman–Crippen MR) is 112 cm³/mol. The van der Waals surface area contributed by atoms with Crippen LogP contribution in [-0.2, 0) is 0 Å². The average Bonchev–Trinajstić information content (AvgIpc) is 3.31. The van der Waals surface area contributed by atoms with Gasteiger partial charge in [0.2, 0.25) is 0 Å². The van der Waals surface area contributed by atoms with Crippen LogP contribution in [0.5, 0.6) is 0 Å². The Morgan fingerprint density at radius 2 is 1.86 bits per heavy atom. The van der Waals surface area contributed by atoms with Crippen LogP contribution in [-0.4, -0.2) is 58.8 Å². The van der Waals surface area contributed by atoms with Crippen LogP contribution >= 0.6 is 22.7 Å². The first-order chi connectivity index (χ1) is 13.7. The molecule has 2 aromatic heterocycles. The zero-order valence-electron chi connectivity index (χ0n) is 15.3. The zero-order valence-corrected chi connectivity index (χ0v) is 16.9. The van der Waals surface area contributed by atoms with Crippen LogP contribution in [0.4, 0.5) is 5.00 Å². The predicted octanol–water partition coefficient (Wildman–Crippen LogP) is 3.53. The van der Waals surface area contributed by atoms with Crippen molar-refractivity contribution >= 4 is 49.7 Å². The molecule has 1 aromatic carbocycles. The number of hydrogen-bond donors (Lipinski definition) is 1. The number of benzene rings is 1. The number of carbonyl (C=O) groups excluding carboxylic acids is 2. The van der Waals surface area contributed by atoms with Gasteiger partial charge in [0, 0.05) is 32.2 Å². The lowest BCUT2D eigenvalue weighted by Crippen LogP contribution is -2.49. The molecule has 1 aliphatic carbocycles. The summed E-state index contributed by atoms with van der Waals surface area (Å²) in [5.74, 6) is -0.271. The van der Waals surface area contributed by atoms with Crippen molar-refractivity contribution in [3.63, 3.8) is 0 Å². The van der Waals surface area contributed by atoms with E-state index in [4.69, 9.17) is 0 Å². The van der Waals surface area contributed by atoms with E-state index in [2.05, 4.69) is 15.2 Å². The minimum atomic E-state index is -0.267. The molecule has 8 heteroatoms. The molecule has 2 aliphatic rings. The normalized spacial score (nSPS) is 17.8. The number of piperazine rings is 1. The van der Waals surface area contributed by atoms with E-state index in [0.29, 0.717) is 15.6 Å². The number of anilines is 1. The number of hydrogen-bond acceptors (Lipinski definition) is 6. The van der Waals surface area contributed by atoms with Gasteiger partial charge in [0.25, 0.3) is 11.8 Å². The van der Waals surface area contributed by atoms with Gasteiger partial charge in [-0.2, -0.15) is 0 Å². The summed E-state index contributed by atoms with van der Waals surface area (Å²) in [6, 6.07) is 10.2. The third kappa shape index (κ3) is 3.43. The van der Waals surface area contributed by atoms with Crippen LogP contribution in [0.25, 0.3) is 10.2 Å². The molecule has 3 heterocycles. The lowest BCUT2D eigenvalue weighted by atomic mass is 10.2. The zero-order chi connectivity index (χ0) is 19.1. The molecular formula is C20H20N4O2S2. The summed E-state index contributed by atoms with van der Waals surface area (Å²) in [6.07, 6.45) is 2.58. The molecule has 0 unspecified atom stereocenters. The van der Waals surface area contributed by atoms with Crippen LogP contribution in [0.3, 0.4) is 0 Å². The van der Waals surface area contributed by atoms with Crippen molar-refractivity contribution < 1.29 is 9.59 Å². The highest BCUT2D eigenvalue weighted by Crippen LogP contribution is 2.30. The molecule has 6 nitrogen and oxygen atoms in total. The first kappa shape index (κ1) is 17.8. The molecule has 0 bridgehead atoms. The van der Waals surface area contributed by atoms with E-state index in [0.717, 1.165) is 42.4 Å². The van der Waals surface area contributed by atoms with Gasteiger partial charge in [-0.15, -0.1) is 22.7 Å². The van der Waals surface area contributed by atoms with Crippen LogP contribution in [0.1, 0.15) is 33.0 Å². The molecule has 1 aliphatic heterocycles. The van der Waals surface area contributed by atoms with Crippen LogP contribution in [0.15, 0.2) is 35.7 Å². The van der Waals surface area contributed by atoms with Gasteiger partial charge in [0.1, 0.15) is 5.00 Å². The van der Waals surface area contributed by atoms with Gasteiger partial charge >= 0.3 is 0 Å². The summed E-state index contributed by atoms with van der Waals surface area (Å²) in [7, 11) is 0. The summed E-state index contributed by atoms with van der Waals surface area (Å²) in [4.78, 5) is 34.4.